The van der Waals surface area contributed by atoms with Gasteiger partial charge in [-0.15, -0.1) is 0 Å². The Morgan fingerprint density at radius 2 is 2.03 bits per heavy atom. The number of imidazole rings is 1. The molecule has 2 unspecified atom stereocenters. The molecule has 2 atom stereocenters. The number of hydrogen-bond donors (Lipinski definition) is 1. The van der Waals surface area contributed by atoms with Gasteiger partial charge in [-0.2, -0.15) is 5.10 Å². The number of amides is 1. The molecular weight excluding hydrogens is 386 g/mol. The SMILES string of the molecule is CC1CC(Cn2cnc3cc(-c4cn[nH]c4)ccc32)CN1C(=O)CCc1ccccc1. The Morgan fingerprint density at radius 3 is 2.84 bits per heavy atom. The summed E-state index contributed by atoms with van der Waals surface area (Å²) in [4.78, 5) is 19.5. The van der Waals surface area contributed by atoms with E-state index in [-0.39, 0.29) is 11.9 Å². The first-order valence-corrected chi connectivity index (χ1v) is 10.9. The van der Waals surface area contributed by atoms with Crippen LogP contribution in [0.25, 0.3) is 22.2 Å². The number of hydrogen-bond acceptors (Lipinski definition) is 3. The summed E-state index contributed by atoms with van der Waals surface area (Å²) in [6, 6.07) is 16.9. The van der Waals surface area contributed by atoms with Crippen LogP contribution in [-0.2, 0) is 17.8 Å². The maximum atomic E-state index is 12.8. The molecule has 1 saturated heterocycles. The quantitative estimate of drug-likeness (QED) is 0.513. The molecule has 6 nitrogen and oxygen atoms in total. The zero-order valence-corrected chi connectivity index (χ0v) is 17.7. The first-order chi connectivity index (χ1) is 15.2. The number of aryl methyl sites for hydroxylation is 1. The zero-order chi connectivity index (χ0) is 21.2. The van der Waals surface area contributed by atoms with Gasteiger partial charge in [0.2, 0.25) is 5.91 Å². The summed E-state index contributed by atoms with van der Waals surface area (Å²) in [5.41, 5.74) is 5.51. The van der Waals surface area contributed by atoms with Gasteiger partial charge in [-0.05, 0) is 48.9 Å². The van der Waals surface area contributed by atoms with E-state index < -0.39 is 0 Å². The minimum absolute atomic E-state index is 0.263. The lowest BCUT2D eigenvalue weighted by atomic mass is 10.1. The maximum Gasteiger partial charge on any atom is 0.223 e. The molecule has 6 heteroatoms. The van der Waals surface area contributed by atoms with Crippen molar-refractivity contribution in [3.8, 4) is 11.1 Å². The molecule has 1 fully saturated rings. The summed E-state index contributed by atoms with van der Waals surface area (Å²) in [7, 11) is 0. The molecule has 4 aromatic rings. The van der Waals surface area contributed by atoms with E-state index >= 15 is 0 Å². The second-order valence-corrected chi connectivity index (χ2v) is 8.57. The van der Waals surface area contributed by atoms with Gasteiger partial charge in [0.1, 0.15) is 0 Å². The van der Waals surface area contributed by atoms with Crippen LogP contribution in [0.4, 0.5) is 0 Å². The summed E-state index contributed by atoms with van der Waals surface area (Å²) in [5.74, 6) is 0.709. The Bertz CT molecular complexity index is 1170. The van der Waals surface area contributed by atoms with Crippen LogP contribution in [0, 0.1) is 5.92 Å². The molecule has 0 bridgehead atoms. The molecule has 1 aliphatic heterocycles. The molecule has 2 aromatic carbocycles. The molecule has 1 N–H and O–H groups in total. The summed E-state index contributed by atoms with van der Waals surface area (Å²) < 4.78 is 2.23. The molecular formula is C25H27N5O. The lowest BCUT2D eigenvalue weighted by Gasteiger charge is -2.21. The average molecular weight is 414 g/mol. The van der Waals surface area contributed by atoms with Crippen molar-refractivity contribution in [2.75, 3.05) is 6.54 Å². The highest BCUT2D eigenvalue weighted by atomic mass is 16.2. The number of carbonyl (C=O) groups excluding carboxylic acids is 1. The van der Waals surface area contributed by atoms with Crippen molar-refractivity contribution in [3.05, 3.63) is 72.8 Å². The fraction of sp³-hybridized carbons (Fsp3) is 0.320. The van der Waals surface area contributed by atoms with Crippen LogP contribution in [0.5, 0.6) is 0 Å². The number of aromatic amines is 1. The van der Waals surface area contributed by atoms with Gasteiger partial charge in [0, 0.05) is 37.3 Å². The Balaban J connectivity index is 1.23. The maximum absolute atomic E-state index is 12.8. The van der Waals surface area contributed by atoms with Crippen LogP contribution in [0.1, 0.15) is 25.3 Å². The average Bonchev–Trinajstić information content (AvgIpc) is 3.53. The lowest BCUT2D eigenvalue weighted by Crippen LogP contribution is -2.34. The van der Waals surface area contributed by atoms with Gasteiger partial charge in [-0.3, -0.25) is 9.89 Å². The predicted octanol–water partition coefficient (Wildman–Crippen LogP) is 4.30. The summed E-state index contributed by atoms with van der Waals surface area (Å²) >= 11 is 0. The monoisotopic (exact) mass is 413 g/mol. The molecule has 0 saturated carbocycles. The number of rotatable bonds is 6. The van der Waals surface area contributed by atoms with Crippen LogP contribution in [0.15, 0.2) is 67.3 Å². The largest absolute Gasteiger partial charge is 0.340 e. The molecule has 1 aliphatic rings. The van der Waals surface area contributed by atoms with Gasteiger partial charge in [0.15, 0.2) is 0 Å². The van der Waals surface area contributed by atoms with Crippen molar-refractivity contribution in [1.82, 2.24) is 24.6 Å². The van der Waals surface area contributed by atoms with E-state index in [2.05, 4.69) is 61.9 Å². The molecule has 31 heavy (non-hydrogen) atoms. The predicted molar refractivity (Wildman–Crippen MR) is 121 cm³/mol. The highest BCUT2D eigenvalue weighted by Gasteiger charge is 2.32. The van der Waals surface area contributed by atoms with Gasteiger partial charge < -0.3 is 9.47 Å². The number of nitrogens with zero attached hydrogens (tertiary/aromatic N) is 4. The topological polar surface area (TPSA) is 66.8 Å². The standard InChI is InChI=1S/C25H27N5O/c1-18-11-20(16-30(18)25(31)10-7-19-5-3-2-4-6-19)15-29-17-26-23-12-21(8-9-24(23)29)22-13-27-28-14-22/h2-6,8-9,12-14,17-18,20H,7,10-11,15-16H2,1H3,(H,27,28). The van der Waals surface area contributed by atoms with Crippen molar-refractivity contribution in [1.29, 1.82) is 0 Å². The van der Waals surface area contributed by atoms with Crippen molar-refractivity contribution in [2.24, 2.45) is 5.92 Å². The fourth-order valence-corrected chi connectivity index (χ4v) is 4.74. The van der Waals surface area contributed by atoms with Crippen molar-refractivity contribution < 1.29 is 4.79 Å². The third-order valence-corrected chi connectivity index (χ3v) is 6.36. The van der Waals surface area contributed by atoms with Crippen molar-refractivity contribution in [3.63, 3.8) is 0 Å². The lowest BCUT2D eigenvalue weighted by molar-refractivity contribution is -0.131. The Labute approximate surface area is 181 Å². The molecule has 158 valence electrons. The smallest absolute Gasteiger partial charge is 0.223 e. The number of nitrogens with one attached hydrogen (secondary N) is 1. The van der Waals surface area contributed by atoms with Crippen LogP contribution in [0.3, 0.4) is 0 Å². The zero-order valence-electron chi connectivity index (χ0n) is 17.7. The fourth-order valence-electron chi connectivity index (χ4n) is 4.74. The number of H-pyrrole nitrogens is 1. The van der Waals surface area contributed by atoms with E-state index in [0.29, 0.717) is 12.3 Å². The number of benzene rings is 2. The highest BCUT2D eigenvalue weighted by Crippen LogP contribution is 2.28. The van der Waals surface area contributed by atoms with Crippen LogP contribution in [-0.4, -0.2) is 43.1 Å². The number of likely N-dealkylation sites (tertiary alicyclic amines) is 1. The van der Waals surface area contributed by atoms with Gasteiger partial charge in [-0.25, -0.2) is 4.98 Å². The van der Waals surface area contributed by atoms with Crippen molar-refractivity contribution in [2.45, 2.75) is 38.8 Å². The Kier molecular flexibility index (Phi) is 5.28. The van der Waals surface area contributed by atoms with Crippen LogP contribution < -0.4 is 0 Å². The Morgan fingerprint density at radius 1 is 1.16 bits per heavy atom. The van der Waals surface area contributed by atoms with E-state index in [1.54, 1.807) is 0 Å². The number of fused-ring (bicyclic) bond motifs is 1. The molecule has 1 amide bonds. The van der Waals surface area contributed by atoms with E-state index in [1.807, 2.05) is 36.9 Å². The van der Waals surface area contributed by atoms with E-state index in [9.17, 15) is 4.79 Å². The minimum Gasteiger partial charge on any atom is -0.340 e. The van der Waals surface area contributed by atoms with Gasteiger partial charge in [0.25, 0.3) is 0 Å². The van der Waals surface area contributed by atoms with Gasteiger partial charge in [0.05, 0.1) is 23.6 Å². The van der Waals surface area contributed by atoms with E-state index in [1.165, 1.54) is 5.56 Å². The molecule has 3 heterocycles. The molecule has 0 aliphatic carbocycles. The molecule has 5 rings (SSSR count). The van der Waals surface area contributed by atoms with Crippen LogP contribution in [0.2, 0.25) is 0 Å². The van der Waals surface area contributed by atoms with E-state index in [0.717, 1.165) is 48.1 Å². The second kappa shape index (κ2) is 8.38. The summed E-state index contributed by atoms with van der Waals surface area (Å²) in [6.45, 7) is 3.87. The van der Waals surface area contributed by atoms with Gasteiger partial charge in [-0.1, -0.05) is 36.4 Å². The van der Waals surface area contributed by atoms with Gasteiger partial charge >= 0.3 is 0 Å². The third kappa shape index (κ3) is 4.10. The van der Waals surface area contributed by atoms with Crippen LogP contribution >= 0.6 is 0 Å². The molecule has 0 radical (unpaired) electrons. The Hall–Kier alpha value is -3.41. The number of aromatic nitrogens is 4. The molecule has 0 spiro atoms. The van der Waals surface area contributed by atoms with Crippen molar-refractivity contribution >= 4 is 16.9 Å². The highest BCUT2D eigenvalue weighted by molar-refractivity contribution is 5.82. The minimum atomic E-state index is 0.263. The third-order valence-electron chi connectivity index (χ3n) is 6.36. The first-order valence-electron chi connectivity index (χ1n) is 10.9. The summed E-state index contributed by atoms with van der Waals surface area (Å²) in [5, 5.41) is 6.89. The number of carbonyl (C=O) groups is 1. The van der Waals surface area contributed by atoms with E-state index in [4.69, 9.17) is 0 Å². The normalized spacial score (nSPS) is 18.7. The summed E-state index contributed by atoms with van der Waals surface area (Å²) in [6.07, 6.45) is 8.05. The first kappa shape index (κ1) is 19.5. The molecule has 2 aromatic heterocycles. The second-order valence-electron chi connectivity index (χ2n) is 8.57.